The first-order valence-corrected chi connectivity index (χ1v) is 9.84. The highest BCUT2D eigenvalue weighted by Gasteiger charge is 2.29. The Hall–Kier alpha value is -2.70. The van der Waals surface area contributed by atoms with Crippen molar-refractivity contribution in [3.63, 3.8) is 0 Å². The van der Waals surface area contributed by atoms with Crippen LogP contribution in [-0.4, -0.2) is 43.6 Å². The van der Waals surface area contributed by atoms with E-state index >= 15 is 0 Å². The van der Waals surface area contributed by atoms with Crippen LogP contribution in [0.2, 0.25) is 10.0 Å². The lowest BCUT2D eigenvalue weighted by Gasteiger charge is -2.38. The Labute approximate surface area is 179 Å². The summed E-state index contributed by atoms with van der Waals surface area (Å²) in [6, 6.07) is 12.1. The highest BCUT2D eigenvalue weighted by atomic mass is 35.5. The fraction of sp³-hybridized carbons (Fsp3) is 0.238. The van der Waals surface area contributed by atoms with Gasteiger partial charge in [-0.05, 0) is 48.0 Å². The molecule has 0 unspecified atom stereocenters. The van der Waals surface area contributed by atoms with E-state index < -0.39 is 0 Å². The number of anilines is 1. The molecule has 3 amide bonds. The summed E-state index contributed by atoms with van der Waals surface area (Å²) in [6.45, 7) is 1.84. The smallest absolute Gasteiger partial charge is 0.318 e. The van der Waals surface area contributed by atoms with E-state index in [0.717, 1.165) is 11.3 Å². The van der Waals surface area contributed by atoms with Gasteiger partial charge in [-0.15, -0.1) is 0 Å². The molecule has 1 heterocycles. The quantitative estimate of drug-likeness (QED) is 0.667. The molecule has 0 saturated carbocycles. The van der Waals surface area contributed by atoms with Crippen molar-refractivity contribution in [3.05, 3.63) is 64.1 Å². The van der Waals surface area contributed by atoms with Gasteiger partial charge in [0, 0.05) is 37.8 Å². The molecule has 0 spiro atoms. The van der Waals surface area contributed by atoms with Gasteiger partial charge in [0.2, 0.25) is 5.91 Å². The zero-order valence-electron chi connectivity index (χ0n) is 15.8. The summed E-state index contributed by atoms with van der Waals surface area (Å²) in [7, 11) is 1.56. The van der Waals surface area contributed by atoms with Crippen LogP contribution in [0.5, 0.6) is 5.75 Å². The Morgan fingerprint density at radius 2 is 1.86 bits per heavy atom. The van der Waals surface area contributed by atoms with Crippen LogP contribution in [0.25, 0.3) is 6.08 Å². The van der Waals surface area contributed by atoms with Crippen LogP contribution < -0.4 is 15.4 Å². The van der Waals surface area contributed by atoms with E-state index in [2.05, 4.69) is 10.6 Å². The average Bonchev–Trinajstić information content (AvgIpc) is 2.68. The Balaban J connectivity index is 1.40. The second-order valence-electron chi connectivity index (χ2n) is 6.66. The van der Waals surface area contributed by atoms with Crippen molar-refractivity contribution in [2.75, 3.05) is 32.1 Å². The van der Waals surface area contributed by atoms with Crippen molar-refractivity contribution in [1.29, 1.82) is 0 Å². The minimum Gasteiger partial charge on any atom is -0.493 e. The molecule has 8 heteroatoms. The molecule has 2 N–H and O–H groups in total. The van der Waals surface area contributed by atoms with E-state index in [0.29, 0.717) is 41.3 Å². The molecule has 1 saturated heterocycles. The number of amides is 3. The minimum atomic E-state index is -0.272. The van der Waals surface area contributed by atoms with Crippen LogP contribution in [0.15, 0.2) is 48.5 Å². The van der Waals surface area contributed by atoms with Gasteiger partial charge in [0.1, 0.15) is 5.75 Å². The first-order valence-electron chi connectivity index (χ1n) is 9.08. The molecule has 0 aromatic heterocycles. The van der Waals surface area contributed by atoms with Gasteiger partial charge in [-0.2, -0.15) is 0 Å². The third kappa shape index (κ3) is 5.89. The number of hydrogen-bond donors (Lipinski definition) is 2. The molecule has 1 aliphatic heterocycles. The summed E-state index contributed by atoms with van der Waals surface area (Å²) in [5, 5.41) is 6.12. The molecule has 0 atom stereocenters. The second-order valence-corrected chi connectivity index (χ2v) is 7.47. The van der Waals surface area contributed by atoms with Gasteiger partial charge < -0.3 is 20.3 Å². The number of rotatable bonds is 6. The predicted molar refractivity (Wildman–Crippen MR) is 116 cm³/mol. The lowest BCUT2D eigenvalue weighted by Crippen LogP contribution is -2.51. The van der Waals surface area contributed by atoms with Gasteiger partial charge in [-0.1, -0.05) is 29.3 Å². The molecular weight excluding hydrogens is 413 g/mol. The van der Waals surface area contributed by atoms with Crippen LogP contribution in [-0.2, 0) is 4.79 Å². The normalized spacial score (nSPS) is 13.8. The molecule has 29 heavy (non-hydrogen) atoms. The Bertz CT molecular complexity index is 910. The summed E-state index contributed by atoms with van der Waals surface area (Å²) in [4.78, 5) is 25.2. The monoisotopic (exact) mass is 433 g/mol. The van der Waals surface area contributed by atoms with Crippen LogP contribution in [0, 0.1) is 5.92 Å². The van der Waals surface area contributed by atoms with Crippen LogP contribution in [0.4, 0.5) is 10.5 Å². The highest BCUT2D eigenvalue weighted by molar-refractivity contribution is 6.42. The summed E-state index contributed by atoms with van der Waals surface area (Å²) in [5.41, 5.74) is 1.51. The van der Waals surface area contributed by atoms with E-state index in [1.165, 1.54) is 6.08 Å². The van der Waals surface area contributed by atoms with Crippen molar-refractivity contribution in [1.82, 2.24) is 10.2 Å². The number of urea groups is 1. The number of carbonyl (C=O) groups excluding carboxylic acids is 2. The maximum Gasteiger partial charge on any atom is 0.318 e. The minimum absolute atomic E-state index is 0.0445. The zero-order valence-corrected chi connectivity index (χ0v) is 17.3. The van der Waals surface area contributed by atoms with Crippen molar-refractivity contribution in [2.45, 2.75) is 0 Å². The van der Waals surface area contributed by atoms with Crippen LogP contribution in [0.3, 0.4) is 0 Å². The van der Waals surface area contributed by atoms with Crippen molar-refractivity contribution < 1.29 is 14.3 Å². The maximum atomic E-state index is 12.2. The molecule has 2 aromatic carbocycles. The molecule has 0 bridgehead atoms. The van der Waals surface area contributed by atoms with Gasteiger partial charge in [-0.25, -0.2) is 4.79 Å². The SMILES string of the molecule is CNC(=O)Nc1ccc(OCC2CN(C(=O)C=Cc3ccc(Cl)c(Cl)c3)C2)cc1. The first-order chi connectivity index (χ1) is 13.9. The zero-order chi connectivity index (χ0) is 20.8. The molecular formula is C21H21Cl2N3O3. The molecule has 0 aliphatic carbocycles. The summed E-state index contributed by atoms with van der Waals surface area (Å²) < 4.78 is 5.77. The number of nitrogens with zero attached hydrogens (tertiary/aromatic N) is 1. The van der Waals surface area contributed by atoms with Gasteiger partial charge in [0.25, 0.3) is 0 Å². The third-order valence-corrected chi connectivity index (χ3v) is 5.19. The van der Waals surface area contributed by atoms with E-state index in [1.54, 1.807) is 60.5 Å². The van der Waals surface area contributed by atoms with E-state index in [4.69, 9.17) is 27.9 Å². The molecule has 152 valence electrons. The predicted octanol–water partition coefficient (Wildman–Crippen LogP) is 4.30. The second kappa shape index (κ2) is 9.67. The Morgan fingerprint density at radius 3 is 2.52 bits per heavy atom. The first kappa shape index (κ1) is 21.0. The van der Waals surface area contributed by atoms with Crippen molar-refractivity contribution in [3.8, 4) is 5.75 Å². The Kier molecular flexibility index (Phi) is 7.01. The number of carbonyl (C=O) groups is 2. The molecule has 2 aromatic rings. The number of likely N-dealkylation sites (tertiary alicyclic amines) is 1. The van der Waals surface area contributed by atoms with E-state index in [1.807, 2.05) is 0 Å². The topological polar surface area (TPSA) is 70.7 Å². The molecule has 0 radical (unpaired) electrons. The van der Waals surface area contributed by atoms with Crippen LogP contribution >= 0.6 is 23.2 Å². The summed E-state index contributed by atoms with van der Waals surface area (Å²) >= 11 is 11.9. The fourth-order valence-electron chi connectivity index (χ4n) is 2.79. The molecule has 1 fully saturated rings. The van der Waals surface area contributed by atoms with Gasteiger partial charge >= 0.3 is 6.03 Å². The fourth-order valence-corrected chi connectivity index (χ4v) is 3.09. The number of ether oxygens (including phenoxy) is 1. The van der Waals surface area contributed by atoms with Crippen molar-refractivity contribution in [2.24, 2.45) is 5.92 Å². The van der Waals surface area contributed by atoms with Gasteiger partial charge in [-0.3, -0.25) is 4.79 Å². The lowest BCUT2D eigenvalue weighted by molar-refractivity contribution is -0.132. The molecule has 1 aliphatic rings. The standard InChI is InChI=1S/C21H21Cl2N3O3/c1-24-21(28)25-16-4-6-17(7-5-16)29-13-15-11-26(12-15)20(27)9-3-14-2-8-18(22)19(23)10-14/h2-10,15H,11-13H2,1H3,(H2,24,25,28). The summed E-state index contributed by atoms with van der Waals surface area (Å²) in [5.74, 6) is 0.967. The van der Waals surface area contributed by atoms with E-state index in [9.17, 15) is 9.59 Å². The van der Waals surface area contributed by atoms with Gasteiger partial charge in [0.15, 0.2) is 0 Å². The van der Waals surface area contributed by atoms with Gasteiger partial charge in [0.05, 0.1) is 16.7 Å². The number of benzene rings is 2. The van der Waals surface area contributed by atoms with Crippen LogP contribution in [0.1, 0.15) is 5.56 Å². The average molecular weight is 434 g/mol. The summed E-state index contributed by atoms with van der Waals surface area (Å²) in [6.07, 6.45) is 3.26. The lowest BCUT2D eigenvalue weighted by atomic mass is 10.0. The third-order valence-electron chi connectivity index (χ3n) is 4.46. The number of halogens is 2. The maximum absolute atomic E-state index is 12.2. The molecule has 3 rings (SSSR count). The number of hydrogen-bond acceptors (Lipinski definition) is 3. The number of nitrogens with one attached hydrogen (secondary N) is 2. The van der Waals surface area contributed by atoms with Crippen molar-refractivity contribution >= 4 is 46.9 Å². The van der Waals surface area contributed by atoms with E-state index in [-0.39, 0.29) is 11.9 Å². The highest BCUT2D eigenvalue weighted by Crippen LogP contribution is 2.24. The Morgan fingerprint density at radius 1 is 1.14 bits per heavy atom. The largest absolute Gasteiger partial charge is 0.493 e. The molecule has 6 nitrogen and oxygen atoms in total.